The molecule has 0 spiro atoms. The summed E-state index contributed by atoms with van der Waals surface area (Å²) >= 11 is 0. The fourth-order valence-corrected chi connectivity index (χ4v) is 5.25. The first-order valence-electron chi connectivity index (χ1n) is 10.8. The minimum Gasteiger partial charge on any atom is -0.369 e. The molecule has 2 saturated carbocycles. The SMILES string of the molecule is O=C(CCN1CCN(c2ccccc2)CC1)NNC(=O)C[C@H]1C[C@H]2CC[C@@H]1C2. The number of fused-ring (bicyclic) bond motifs is 2. The number of nitrogens with zero attached hydrogens (tertiary/aromatic N) is 2. The molecule has 0 radical (unpaired) electrons. The van der Waals surface area contributed by atoms with E-state index < -0.39 is 0 Å². The second-order valence-electron chi connectivity index (χ2n) is 8.65. The van der Waals surface area contributed by atoms with Crippen molar-refractivity contribution in [1.82, 2.24) is 15.8 Å². The highest BCUT2D eigenvalue weighted by Crippen LogP contribution is 2.49. The van der Waals surface area contributed by atoms with E-state index in [0.717, 1.165) is 44.6 Å². The minimum absolute atomic E-state index is 0.0395. The van der Waals surface area contributed by atoms with Crippen molar-refractivity contribution in [3.63, 3.8) is 0 Å². The lowest BCUT2D eigenvalue weighted by molar-refractivity contribution is -0.129. The Morgan fingerprint density at radius 2 is 1.68 bits per heavy atom. The third-order valence-electron chi connectivity index (χ3n) is 6.82. The summed E-state index contributed by atoms with van der Waals surface area (Å²) < 4.78 is 0. The van der Waals surface area contributed by atoms with E-state index in [0.29, 0.717) is 18.8 Å². The van der Waals surface area contributed by atoms with Gasteiger partial charge in [-0.1, -0.05) is 24.6 Å². The van der Waals surface area contributed by atoms with Crippen LogP contribution in [-0.4, -0.2) is 49.4 Å². The number of amides is 2. The van der Waals surface area contributed by atoms with E-state index in [1.165, 1.54) is 31.4 Å². The van der Waals surface area contributed by atoms with Crippen LogP contribution in [0.3, 0.4) is 0 Å². The minimum atomic E-state index is -0.105. The number of carbonyl (C=O) groups is 2. The molecule has 28 heavy (non-hydrogen) atoms. The van der Waals surface area contributed by atoms with Crippen LogP contribution in [0.4, 0.5) is 5.69 Å². The molecule has 152 valence electrons. The molecule has 3 atom stereocenters. The summed E-state index contributed by atoms with van der Waals surface area (Å²) in [5.74, 6) is 1.96. The molecule has 6 heteroatoms. The van der Waals surface area contributed by atoms with E-state index in [9.17, 15) is 9.59 Å². The van der Waals surface area contributed by atoms with Crippen LogP contribution in [-0.2, 0) is 9.59 Å². The van der Waals surface area contributed by atoms with E-state index in [1.807, 2.05) is 6.07 Å². The number of nitrogens with one attached hydrogen (secondary N) is 2. The topological polar surface area (TPSA) is 64.7 Å². The normalized spacial score (nSPS) is 27.0. The Morgan fingerprint density at radius 1 is 0.929 bits per heavy atom. The Hall–Kier alpha value is -2.08. The van der Waals surface area contributed by atoms with Crippen LogP contribution >= 0.6 is 0 Å². The summed E-state index contributed by atoms with van der Waals surface area (Å²) in [5, 5.41) is 0. The monoisotopic (exact) mass is 384 g/mol. The highest BCUT2D eigenvalue weighted by molar-refractivity contribution is 5.82. The Morgan fingerprint density at radius 3 is 2.36 bits per heavy atom. The third kappa shape index (κ3) is 4.85. The maximum atomic E-state index is 12.1. The maximum absolute atomic E-state index is 12.1. The van der Waals surface area contributed by atoms with Crippen molar-refractivity contribution in [2.75, 3.05) is 37.6 Å². The van der Waals surface area contributed by atoms with Crippen molar-refractivity contribution >= 4 is 17.5 Å². The van der Waals surface area contributed by atoms with Crippen molar-refractivity contribution in [2.24, 2.45) is 17.8 Å². The number of hydrogen-bond donors (Lipinski definition) is 2. The van der Waals surface area contributed by atoms with Gasteiger partial charge in [-0.15, -0.1) is 0 Å². The van der Waals surface area contributed by atoms with Crippen molar-refractivity contribution < 1.29 is 9.59 Å². The fourth-order valence-electron chi connectivity index (χ4n) is 5.25. The number of piperazine rings is 1. The van der Waals surface area contributed by atoms with Gasteiger partial charge in [0.2, 0.25) is 11.8 Å². The average molecular weight is 385 g/mol. The molecule has 2 bridgehead atoms. The third-order valence-corrected chi connectivity index (χ3v) is 6.82. The van der Waals surface area contributed by atoms with Crippen LogP contribution in [0.15, 0.2) is 30.3 Å². The van der Waals surface area contributed by atoms with Crippen molar-refractivity contribution in [1.29, 1.82) is 0 Å². The average Bonchev–Trinajstić information content (AvgIpc) is 3.35. The lowest BCUT2D eigenvalue weighted by atomic mass is 9.86. The van der Waals surface area contributed by atoms with E-state index in [1.54, 1.807) is 0 Å². The van der Waals surface area contributed by atoms with E-state index in [-0.39, 0.29) is 11.8 Å². The number of carbonyl (C=O) groups excluding carboxylic acids is 2. The van der Waals surface area contributed by atoms with Gasteiger partial charge in [-0.25, -0.2) is 0 Å². The van der Waals surface area contributed by atoms with Crippen LogP contribution in [0.5, 0.6) is 0 Å². The highest BCUT2D eigenvalue weighted by atomic mass is 16.2. The van der Waals surface area contributed by atoms with E-state index >= 15 is 0 Å². The van der Waals surface area contributed by atoms with Gasteiger partial charge < -0.3 is 4.90 Å². The smallest absolute Gasteiger partial charge is 0.239 e. The van der Waals surface area contributed by atoms with Gasteiger partial charge in [0.05, 0.1) is 0 Å². The Labute approximate surface area is 167 Å². The van der Waals surface area contributed by atoms with Crippen LogP contribution in [0.25, 0.3) is 0 Å². The van der Waals surface area contributed by atoms with Crippen molar-refractivity contribution in [2.45, 2.75) is 38.5 Å². The molecule has 2 N–H and O–H groups in total. The van der Waals surface area contributed by atoms with Crippen molar-refractivity contribution in [3.05, 3.63) is 30.3 Å². The predicted octanol–water partition coefficient (Wildman–Crippen LogP) is 2.17. The largest absolute Gasteiger partial charge is 0.369 e. The molecular weight excluding hydrogens is 352 g/mol. The summed E-state index contributed by atoms with van der Waals surface area (Å²) in [6.07, 6.45) is 6.11. The molecule has 6 nitrogen and oxygen atoms in total. The number of rotatable bonds is 6. The molecule has 0 unspecified atom stereocenters. The summed E-state index contributed by atoms with van der Waals surface area (Å²) in [5.41, 5.74) is 6.48. The van der Waals surface area contributed by atoms with Crippen LogP contribution in [0.1, 0.15) is 38.5 Å². The number of para-hydroxylation sites is 1. The zero-order chi connectivity index (χ0) is 19.3. The van der Waals surface area contributed by atoms with Crippen LogP contribution in [0.2, 0.25) is 0 Å². The standard InChI is InChI=1S/C22H32N4O2/c27-21(23-24-22(28)16-19-15-17-6-7-18(19)14-17)8-9-25-10-12-26(13-11-25)20-4-2-1-3-5-20/h1-5,17-19H,6-16H2,(H,23,27)(H,24,28)/t17-,18+,19+/m0/s1. The molecule has 1 saturated heterocycles. The highest BCUT2D eigenvalue weighted by Gasteiger charge is 2.40. The summed E-state index contributed by atoms with van der Waals surface area (Å²) in [6.45, 7) is 4.60. The zero-order valence-corrected chi connectivity index (χ0v) is 16.6. The summed E-state index contributed by atoms with van der Waals surface area (Å²) in [7, 11) is 0. The lowest BCUT2D eigenvalue weighted by Crippen LogP contribution is -2.48. The molecule has 3 fully saturated rings. The van der Waals surface area contributed by atoms with Gasteiger partial charge in [-0.3, -0.25) is 25.3 Å². The first-order chi connectivity index (χ1) is 13.7. The van der Waals surface area contributed by atoms with Crippen LogP contribution in [0, 0.1) is 17.8 Å². The second-order valence-corrected chi connectivity index (χ2v) is 8.65. The Balaban J connectivity index is 1.09. The van der Waals surface area contributed by atoms with Crippen LogP contribution < -0.4 is 15.8 Å². The lowest BCUT2D eigenvalue weighted by Gasteiger charge is -2.36. The summed E-state index contributed by atoms with van der Waals surface area (Å²) in [6, 6.07) is 10.5. The maximum Gasteiger partial charge on any atom is 0.239 e. The predicted molar refractivity (Wildman–Crippen MR) is 110 cm³/mol. The van der Waals surface area contributed by atoms with Gasteiger partial charge in [0.25, 0.3) is 0 Å². The van der Waals surface area contributed by atoms with Gasteiger partial charge in [0.1, 0.15) is 0 Å². The molecule has 4 rings (SSSR count). The molecule has 1 aliphatic heterocycles. The van der Waals surface area contributed by atoms with E-state index in [2.05, 4.69) is 44.9 Å². The fraction of sp³-hybridized carbons (Fsp3) is 0.636. The first kappa shape index (κ1) is 19.2. The Bertz CT molecular complexity index is 672. The van der Waals surface area contributed by atoms with Gasteiger partial charge >= 0.3 is 0 Å². The second kappa shape index (κ2) is 8.95. The molecule has 1 aromatic carbocycles. The molecule has 2 amide bonds. The Kier molecular flexibility index (Phi) is 6.15. The molecule has 2 aliphatic carbocycles. The molecular formula is C22H32N4O2. The van der Waals surface area contributed by atoms with Gasteiger partial charge in [0, 0.05) is 51.3 Å². The quantitative estimate of drug-likeness (QED) is 0.738. The van der Waals surface area contributed by atoms with Gasteiger partial charge in [-0.05, 0) is 49.1 Å². The molecule has 0 aromatic heterocycles. The summed E-state index contributed by atoms with van der Waals surface area (Å²) in [4.78, 5) is 28.9. The number of hydrazine groups is 1. The number of hydrogen-bond acceptors (Lipinski definition) is 4. The molecule has 1 aromatic rings. The molecule has 1 heterocycles. The van der Waals surface area contributed by atoms with Gasteiger partial charge in [0.15, 0.2) is 0 Å². The zero-order valence-electron chi connectivity index (χ0n) is 16.6. The van der Waals surface area contributed by atoms with Crippen molar-refractivity contribution in [3.8, 4) is 0 Å². The van der Waals surface area contributed by atoms with E-state index in [4.69, 9.17) is 0 Å². The number of anilines is 1. The first-order valence-corrected chi connectivity index (χ1v) is 10.8. The van der Waals surface area contributed by atoms with Gasteiger partial charge in [-0.2, -0.15) is 0 Å². The molecule has 3 aliphatic rings. The number of benzene rings is 1.